The molecule has 0 saturated carbocycles. The molecular weight excluding hydrogens is 450 g/mol. The van der Waals surface area contributed by atoms with Gasteiger partial charge in [0.2, 0.25) is 20.0 Å². The third-order valence-electron chi connectivity index (χ3n) is 4.79. The van der Waals surface area contributed by atoms with Crippen LogP contribution in [0.5, 0.6) is 0 Å². The fraction of sp³-hybridized carbons (Fsp3) is 0.318. The quantitative estimate of drug-likeness (QED) is 0.481. The zero-order valence-corrected chi connectivity index (χ0v) is 20.1. The van der Waals surface area contributed by atoms with Crippen molar-refractivity contribution < 1.29 is 21.6 Å². The Morgan fingerprint density at radius 1 is 1.03 bits per heavy atom. The van der Waals surface area contributed by atoms with E-state index in [4.69, 9.17) is 0 Å². The Balaban J connectivity index is 2.19. The molecule has 174 valence electrons. The Labute approximate surface area is 190 Å². The van der Waals surface area contributed by atoms with Crippen molar-refractivity contribution in [3.63, 3.8) is 0 Å². The highest BCUT2D eigenvalue weighted by atomic mass is 32.2. The van der Waals surface area contributed by atoms with E-state index in [2.05, 4.69) is 16.6 Å². The second-order valence-electron chi connectivity index (χ2n) is 7.12. The average molecular weight is 480 g/mol. The maximum absolute atomic E-state index is 12.9. The smallest absolute Gasteiger partial charge is 0.255 e. The molecule has 2 aromatic rings. The standard InChI is InChI=1S/C22H29N3O5S2/c1-5-14-23-31(27,28)16-18-9-12-20(13-10-18)24-22(26)19-11-8-17(4)21(15-19)32(29,30)25(6-2)7-3/h5,8-13,15,23H,1,6-7,14,16H2,2-4H3,(H,24,26). The number of sulfonamides is 2. The van der Waals surface area contributed by atoms with E-state index >= 15 is 0 Å². The Bertz CT molecular complexity index is 1170. The molecule has 0 fully saturated rings. The number of carbonyl (C=O) groups is 1. The molecule has 0 aromatic heterocycles. The van der Waals surface area contributed by atoms with E-state index < -0.39 is 26.0 Å². The van der Waals surface area contributed by atoms with Crippen molar-refractivity contribution in [2.45, 2.75) is 31.4 Å². The van der Waals surface area contributed by atoms with Crippen LogP contribution in [0.15, 0.2) is 60.0 Å². The molecular formula is C22H29N3O5S2. The summed E-state index contributed by atoms with van der Waals surface area (Å²) >= 11 is 0. The van der Waals surface area contributed by atoms with Crippen LogP contribution in [-0.4, -0.2) is 46.7 Å². The van der Waals surface area contributed by atoms with E-state index in [0.717, 1.165) is 0 Å². The van der Waals surface area contributed by atoms with Crippen molar-refractivity contribution in [2.75, 3.05) is 25.0 Å². The number of anilines is 1. The summed E-state index contributed by atoms with van der Waals surface area (Å²) < 4.78 is 53.5. The molecule has 2 rings (SSSR count). The summed E-state index contributed by atoms with van der Waals surface area (Å²) in [6.45, 7) is 9.50. The number of rotatable bonds is 11. The molecule has 2 aromatic carbocycles. The molecule has 0 atom stereocenters. The summed E-state index contributed by atoms with van der Waals surface area (Å²) in [5.41, 5.74) is 1.79. The molecule has 2 N–H and O–H groups in total. The number of hydrogen-bond acceptors (Lipinski definition) is 5. The summed E-state index contributed by atoms with van der Waals surface area (Å²) in [6, 6.07) is 11.0. The normalized spacial score (nSPS) is 12.0. The molecule has 0 aliphatic carbocycles. The van der Waals surface area contributed by atoms with Gasteiger partial charge in [-0.2, -0.15) is 4.31 Å². The maximum atomic E-state index is 12.9. The highest BCUT2D eigenvalue weighted by Gasteiger charge is 2.24. The number of nitrogens with zero attached hydrogens (tertiary/aromatic N) is 1. The maximum Gasteiger partial charge on any atom is 0.255 e. The van der Waals surface area contributed by atoms with E-state index in [1.165, 1.54) is 16.4 Å². The van der Waals surface area contributed by atoms with Crippen LogP contribution in [0.25, 0.3) is 0 Å². The van der Waals surface area contributed by atoms with E-state index in [1.807, 2.05) is 0 Å². The Kier molecular flexibility index (Phi) is 8.73. The third-order valence-corrected chi connectivity index (χ3v) is 8.30. The van der Waals surface area contributed by atoms with E-state index in [-0.39, 0.29) is 22.8 Å². The second-order valence-corrected chi connectivity index (χ2v) is 10.8. The largest absolute Gasteiger partial charge is 0.322 e. The lowest BCUT2D eigenvalue weighted by Gasteiger charge is -2.20. The molecule has 0 radical (unpaired) electrons. The first-order valence-electron chi connectivity index (χ1n) is 10.1. The number of amides is 1. The van der Waals surface area contributed by atoms with Gasteiger partial charge in [-0.15, -0.1) is 6.58 Å². The van der Waals surface area contributed by atoms with Crippen LogP contribution in [0.2, 0.25) is 0 Å². The second kappa shape index (κ2) is 10.9. The summed E-state index contributed by atoms with van der Waals surface area (Å²) in [4.78, 5) is 12.8. The Morgan fingerprint density at radius 3 is 2.22 bits per heavy atom. The van der Waals surface area contributed by atoms with Gasteiger partial charge in [0.05, 0.1) is 10.6 Å². The van der Waals surface area contributed by atoms with Crippen molar-refractivity contribution >= 4 is 31.6 Å². The first kappa shape index (κ1) is 25.7. The first-order valence-corrected chi connectivity index (χ1v) is 13.2. The topological polar surface area (TPSA) is 113 Å². The highest BCUT2D eigenvalue weighted by Crippen LogP contribution is 2.22. The lowest BCUT2D eigenvalue weighted by molar-refractivity contribution is 0.102. The zero-order valence-electron chi connectivity index (χ0n) is 18.5. The fourth-order valence-corrected chi connectivity index (χ4v) is 5.88. The predicted octanol–water partition coefficient (Wildman–Crippen LogP) is 2.88. The van der Waals surface area contributed by atoms with Crippen LogP contribution in [0.3, 0.4) is 0 Å². The van der Waals surface area contributed by atoms with Crippen LogP contribution >= 0.6 is 0 Å². The third kappa shape index (κ3) is 6.49. The molecule has 32 heavy (non-hydrogen) atoms. The Morgan fingerprint density at radius 2 is 1.66 bits per heavy atom. The molecule has 8 nitrogen and oxygen atoms in total. The van der Waals surface area contributed by atoms with E-state index in [1.54, 1.807) is 57.2 Å². The monoisotopic (exact) mass is 479 g/mol. The molecule has 0 bridgehead atoms. The van der Waals surface area contributed by atoms with Crippen molar-refractivity contribution in [1.29, 1.82) is 0 Å². The minimum Gasteiger partial charge on any atom is -0.322 e. The first-order chi connectivity index (χ1) is 15.0. The lowest BCUT2D eigenvalue weighted by Crippen LogP contribution is -2.31. The SMILES string of the molecule is C=CCNS(=O)(=O)Cc1ccc(NC(=O)c2ccc(C)c(S(=O)(=O)N(CC)CC)c2)cc1. The summed E-state index contributed by atoms with van der Waals surface area (Å²) in [5.74, 6) is -0.659. The van der Waals surface area contributed by atoms with Crippen molar-refractivity contribution in [3.8, 4) is 0 Å². The lowest BCUT2D eigenvalue weighted by atomic mass is 10.1. The van der Waals surface area contributed by atoms with Crippen molar-refractivity contribution in [3.05, 3.63) is 71.8 Å². The van der Waals surface area contributed by atoms with Crippen molar-refractivity contribution in [1.82, 2.24) is 9.03 Å². The molecule has 1 amide bonds. The van der Waals surface area contributed by atoms with E-state index in [0.29, 0.717) is 29.9 Å². The van der Waals surface area contributed by atoms with Crippen molar-refractivity contribution in [2.24, 2.45) is 0 Å². The highest BCUT2D eigenvalue weighted by molar-refractivity contribution is 7.89. The zero-order chi connectivity index (χ0) is 23.9. The van der Waals surface area contributed by atoms with Crippen LogP contribution < -0.4 is 10.0 Å². The van der Waals surface area contributed by atoms with Crippen LogP contribution in [0.1, 0.15) is 35.3 Å². The van der Waals surface area contributed by atoms with Crippen LogP contribution in [0, 0.1) is 6.92 Å². The van der Waals surface area contributed by atoms with Gasteiger partial charge in [-0.05, 0) is 42.3 Å². The Hall–Kier alpha value is -2.53. The molecule has 0 spiro atoms. The van der Waals surface area contributed by atoms with Gasteiger partial charge in [0.15, 0.2) is 0 Å². The average Bonchev–Trinajstić information content (AvgIpc) is 2.74. The van der Waals surface area contributed by atoms with Gasteiger partial charge in [-0.25, -0.2) is 21.6 Å². The fourth-order valence-electron chi connectivity index (χ4n) is 3.07. The molecule has 0 heterocycles. The molecule has 0 unspecified atom stereocenters. The van der Waals surface area contributed by atoms with Crippen LogP contribution in [-0.2, 0) is 25.8 Å². The minimum atomic E-state index is -3.71. The van der Waals surface area contributed by atoms with Crippen LogP contribution in [0.4, 0.5) is 5.69 Å². The minimum absolute atomic E-state index is 0.0985. The van der Waals surface area contributed by atoms with Gasteiger partial charge < -0.3 is 5.32 Å². The predicted molar refractivity (Wildman–Crippen MR) is 127 cm³/mol. The summed E-state index contributed by atoms with van der Waals surface area (Å²) in [7, 11) is -7.19. The van der Waals surface area contributed by atoms with Gasteiger partial charge in [-0.1, -0.05) is 38.1 Å². The van der Waals surface area contributed by atoms with Gasteiger partial charge in [0.1, 0.15) is 0 Å². The summed E-state index contributed by atoms with van der Waals surface area (Å²) in [6.07, 6.45) is 1.46. The van der Waals surface area contributed by atoms with Gasteiger partial charge in [-0.3, -0.25) is 4.79 Å². The molecule has 0 aliphatic heterocycles. The molecule has 0 saturated heterocycles. The van der Waals surface area contributed by atoms with Gasteiger partial charge in [0, 0.05) is 30.9 Å². The number of hydrogen-bond donors (Lipinski definition) is 2. The number of carbonyl (C=O) groups excluding carboxylic acids is 1. The summed E-state index contributed by atoms with van der Waals surface area (Å²) in [5, 5.41) is 2.71. The van der Waals surface area contributed by atoms with Gasteiger partial charge >= 0.3 is 0 Å². The number of benzene rings is 2. The number of aryl methyl sites for hydroxylation is 1. The van der Waals surface area contributed by atoms with E-state index in [9.17, 15) is 21.6 Å². The molecule has 10 heteroatoms. The van der Waals surface area contributed by atoms with Gasteiger partial charge in [0.25, 0.3) is 5.91 Å². The number of nitrogens with one attached hydrogen (secondary N) is 2. The molecule has 0 aliphatic rings.